The van der Waals surface area contributed by atoms with Crippen LogP contribution in [0, 0.1) is 0 Å². The third-order valence-electron chi connectivity index (χ3n) is 6.05. The van der Waals surface area contributed by atoms with E-state index in [4.69, 9.17) is 10.8 Å². The summed E-state index contributed by atoms with van der Waals surface area (Å²) in [5, 5.41) is 12.2. The number of aliphatic carboxylic acids is 1. The zero-order valence-electron chi connectivity index (χ0n) is 15.5. The van der Waals surface area contributed by atoms with Crippen molar-refractivity contribution in [3.63, 3.8) is 0 Å². The zero-order valence-corrected chi connectivity index (χ0v) is 15.5. The standard InChI is InChI=1S/C18H34N4O3/c19-7-5-3-1-2-4-6-8-20-17(23)15-21-9-12-22(13-10-21,14-11-21)16-18(24)25/h1-16,19H2/p+2. The van der Waals surface area contributed by atoms with E-state index in [1.807, 2.05) is 0 Å². The smallest absolute Gasteiger partial charge is 0.359 e. The third-order valence-corrected chi connectivity index (χ3v) is 6.05. The van der Waals surface area contributed by atoms with Crippen molar-refractivity contribution in [2.45, 2.75) is 38.5 Å². The monoisotopic (exact) mass is 356 g/mol. The van der Waals surface area contributed by atoms with E-state index in [0.717, 1.165) is 69.7 Å². The average Bonchev–Trinajstić information content (AvgIpc) is 2.58. The normalized spacial score (nSPS) is 28.0. The number of fused-ring (bicyclic) bond motifs is 3. The Morgan fingerprint density at radius 3 is 1.80 bits per heavy atom. The van der Waals surface area contributed by atoms with Gasteiger partial charge in [-0.25, -0.2) is 4.79 Å². The Bertz CT molecular complexity index is 431. The van der Waals surface area contributed by atoms with Gasteiger partial charge in [-0.05, 0) is 19.4 Å². The zero-order chi connectivity index (χ0) is 18.2. The third kappa shape index (κ3) is 6.24. The first-order valence-corrected chi connectivity index (χ1v) is 9.88. The number of hydrogen-bond donors (Lipinski definition) is 3. The number of rotatable bonds is 12. The number of nitrogens with one attached hydrogen (secondary N) is 1. The minimum atomic E-state index is -0.706. The van der Waals surface area contributed by atoms with Gasteiger partial charge in [0.1, 0.15) is 39.3 Å². The minimum absolute atomic E-state index is 0.156. The van der Waals surface area contributed by atoms with Gasteiger partial charge >= 0.3 is 5.97 Å². The summed E-state index contributed by atoms with van der Waals surface area (Å²) in [5.41, 5.74) is 5.48. The number of amides is 1. The molecule has 0 radical (unpaired) electrons. The van der Waals surface area contributed by atoms with E-state index >= 15 is 0 Å². The fraction of sp³-hybridized carbons (Fsp3) is 0.889. The molecule has 0 aliphatic carbocycles. The highest BCUT2D eigenvalue weighted by Crippen LogP contribution is 2.26. The molecule has 0 aromatic carbocycles. The van der Waals surface area contributed by atoms with Crippen molar-refractivity contribution in [3.8, 4) is 0 Å². The molecular weight excluding hydrogens is 320 g/mol. The maximum Gasteiger partial charge on any atom is 0.359 e. The number of carboxylic acids is 1. The summed E-state index contributed by atoms with van der Waals surface area (Å²) in [4.78, 5) is 23.3. The van der Waals surface area contributed by atoms with E-state index in [-0.39, 0.29) is 12.5 Å². The lowest BCUT2D eigenvalue weighted by Gasteiger charge is -2.54. The van der Waals surface area contributed by atoms with Crippen LogP contribution in [0.1, 0.15) is 38.5 Å². The van der Waals surface area contributed by atoms with Crippen molar-refractivity contribution in [2.75, 3.05) is 65.4 Å². The highest BCUT2D eigenvalue weighted by molar-refractivity contribution is 5.77. The van der Waals surface area contributed by atoms with Crippen LogP contribution in [-0.2, 0) is 9.59 Å². The van der Waals surface area contributed by atoms with Crippen LogP contribution in [-0.4, -0.2) is 91.4 Å². The van der Waals surface area contributed by atoms with Crippen LogP contribution in [0.4, 0.5) is 0 Å². The van der Waals surface area contributed by atoms with E-state index in [1.165, 1.54) is 25.7 Å². The lowest BCUT2D eigenvalue weighted by Crippen LogP contribution is -2.76. The number of unbranched alkanes of at least 4 members (excludes halogenated alkanes) is 5. The summed E-state index contributed by atoms with van der Waals surface area (Å²) in [6, 6.07) is 0. The first kappa shape index (κ1) is 20.1. The van der Waals surface area contributed by atoms with Gasteiger partial charge in [0.25, 0.3) is 5.91 Å². The van der Waals surface area contributed by atoms with Crippen LogP contribution in [0.15, 0.2) is 0 Å². The Kier molecular flexibility index (Phi) is 7.65. The highest BCUT2D eigenvalue weighted by atomic mass is 16.4. The fourth-order valence-electron chi connectivity index (χ4n) is 4.27. The summed E-state index contributed by atoms with van der Waals surface area (Å²) >= 11 is 0. The van der Waals surface area contributed by atoms with Gasteiger partial charge in [-0.2, -0.15) is 0 Å². The van der Waals surface area contributed by atoms with Crippen LogP contribution in [0.2, 0.25) is 0 Å². The Morgan fingerprint density at radius 2 is 1.28 bits per heavy atom. The molecule has 3 heterocycles. The largest absolute Gasteiger partial charge is 0.477 e. The molecule has 3 aliphatic rings. The molecule has 3 aliphatic heterocycles. The van der Waals surface area contributed by atoms with Gasteiger partial charge in [0, 0.05) is 6.54 Å². The van der Waals surface area contributed by atoms with E-state index in [9.17, 15) is 9.59 Å². The molecule has 4 N–H and O–H groups in total. The molecule has 0 spiro atoms. The maximum absolute atomic E-state index is 12.3. The van der Waals surface area contributed by atoms with Gasteiger partial charge in [-0.15, -0.1) is 0 Å². The number of nitrogens with zero attached hydrogens (tertiary/aromatic N) is 2. The second kappa shape index (κ2) is 9.50. The second-order valence-corrected chi connectivity index (χ2v) is 7.99. The average molecular weight is 357 g/mol. The van der Waals surface area contributed by atoms with Gasteiger partial charge in [0.05, 0.1) is 0 Å². The maximum atomic E-state index is 12.3. The summed E-state index contributed by atoms with van der Waals surface area (Å²) in [6.07, 6.45) is 7.00. The molecule has 7 nitrogen and oxygen atoms in total. The number of carbonyl (C=O) groups is 2. The molecular formula is C18H36N4O3+2. The number of quaternary nitrogens is 2. The van der Waals surface area contributed by atoms with Crippen LogP contribution < -0.4 is 11.1 Å². The Morgan fingerprint density at radius 1 is 0.800 bits per heavy atom. The van der Waals surface area contributed by atoms with Crippen LogP contribution in [0.3, 0.4) is 0 Å². The van der Waals surface area contributed by atoms with Gasteiger partial charge in [0.2, 0.25) is 0 Å². The predicted molar refractivity (Wildman–Crippen MR) is 96.9 cm³/mol. The molecule has 0 atom stereocenters. The van der Waals surface area contributed by atoms with E-state index in [2.05, 4.69) is 5.32 Å². The first-order chi connectivity index (χ1) is 12.0. The Labute approximate surface area is 151 Å². The molecule has 0 unspecified atom stereocenters. The summed E-state index contributed by atoms with van der Waals surface area (Å²) in [6.45, 7) is 7.82. The highest BCUT2D eigenvalue weighted by Gasteiger charge is 2.50. The molecule has 3 saturated heterocycles. The molecule has 0 aromatic heterocycles. The Hall–Kier alpha value is -1.18. The topological polar surface area (TPSA) is 92.4 Å². The van der Waals surface area contributed by atoms with Crippen LogP contribution in [0.5, 0.6) is 0 Å². The summed E-state index contributed by atoms with van der Waals surface area (Å²) in [7, 11) is 0. The fourth-order valence-corrected chi connectivity index (χ4v) is 4.27. The van der Waals surface area contributed by atoms with Crippen LogP contribution >= 0.6 is 0 Å². The summed E-state index contributed by atoms with van der Waals surface area (Å²) in [5.74, 6) is -0.550. The van der Waals surface area contributed by atoms with Gasteiger partial charge in [-0.3, -0.25) is 4.79 Å². The number of piperazine rings is 3. The molecule has 1 amide bonds. The molecule has 0 aromatic rings. The van der Waals surface area contributed by atoms with Crippen molar-refractivity contribution in [1.29, 1.82) is 0 Å². The first-order valence-electron chi connectivity index (χ1n) is 9.88. The van der Waals surface area contributed by atoms with Crippen molar-refractivity contribution in [1.82, 2.24) is 5.32 Å². The van der Waals surface area contributed by atoms with E-state index in [1.54, 1.807) is 0 Å². The predicted octanol–water partition coefficient (Wildman–Crippen LogP) is 0.147. The van der Waals surface area contributed by atoms with E-state index < -0.39 is 5.97 Å². The molecule has 2 bridgehead atoms. The molecule has 3 rings (SSSR count). The molecule has 3 fully saturated rings. The van der Waals surface area contributed by atoms with Crippen molar-refractivity contribution in [2.24, 2.45) is 5.73 Å². The van der Waals surface area contributed by atoms with Crippen molar-refractivity contribution >= 4 is 11.9 Å². The molecule has 25 heavy (non-hydrogen) atoms. The molecule has 7 heteroatoms. The van der Waals surface area contributed by atoms with Crippen molar-refractivity contribution < 1.29 is 23.7 Å². The van der Waals surface area contributed by atoms with E-state index in [0.29, 0.717) is 11.0 Å². The molecule has 0 saturated carbocycles. The number of hydrogen-bond acceptors (Lipinski definition) is 3. The molecule has 144 valence electrons. The van der Waals surface area contributed by atoms with Gasteiger partial charge in [0.15, 0.2) is 13.1 Å². The van der Waals surface area contributed by atoms with Gasteiger partial charge < -0.3 is 25.1 Å². The second-order valence-electron chi connectivity index (χ2n) is 7.99. The quantitative estimate of drug-likeness (QED) is 0.343. The number of carboxylic acid groups (broad SMARTS) is 1. The Balaban J connectivity index is 1.60. The number of carbonyl (C=O) groups excluding carboxylic acids is 1. The summed E-state index contributed by atoms with van der Waals surface area (Å²) < 4.78 is 1.56. The minimum Gasteiger partial charge on any atom is -0.477 e. The van der Waals surface area contributed by atoms with Crippen molar-refractivity contribution in [3.05, 3.63) is 0 Å². The van der Waals surface area contributed by atoms with Crippen LogP contribution in [0.25, 0.3) is 0 Å². The lowest BCUT2D eigenvalue weighted by atomic mass is 10.1. The number of nitrogens with two attached hydrogens (primary N) is 1. The van der Waals surface area contributed by atoms with Gasteiger partial charge in [-0.1, -0.05) is 25.7 Å². The SMILES string of the molecule is NCCCCCCCCNC(=O)C[N+]12CC[N+](CC(=O)O)(CC1)CC2. The lowest BCUT2D eigenvalue weighted by molar-refractivity contribution is -1.07.